The van der Waals surface area contributed by atoms with Crippen molar-refractivity contribution < 1.29 is 14.3 Å². The number of halogens is 1. The van der Waals surface area contributed by atoms with Crippen LogP contribution in [0, 0.1) is 6.92 Å². The van der Waals surface area contributed by atoms with Gasteiger partial charge in [-0.1, -0.05) is 23.7 Å². The van der Waals surface area contributed by atoms with Gasteiger partial charge in [0.2, 0.25) is 0 Å². The Labute approximate surface area is 139 Å². The number of ether oxygens (including phenoxy) is 2. The predicted molar refractivity (Wildman–Crippen MR) is 90.4 cm³/mol. The number of hydrazone groups is 1. The van der Waals surface area contributed by atoms with Crippen LogP contribution in [0.1, 0.15) is 11.1 Å². The summed E-state index contributed by atoms with van der Waals surface area (Å²) >= 11 is 5.93. The summed E-state index contributed by atoms with van der Waals surface area (Å²) in [4.78, 5) is 11.7. The molecule has 0 unspecified atom stereocenters. The number of aryl methyl sites for hydroxylation is 1. The molecule has 0 aliphatic rings. The van der Waals surface area contributed by atoms with Gasteiger partial charge in [0.05, 0.1) is 13.3 Å². The van der Waals surface area contributed by atoms with Crippen LogP contribution in [0.3, 0.4) is 0 Å². The van der Waals surface area contributed by atoms with Crippen LogP contribution in [0.5, 0.6) is 11.5 Å². The Morgan fingerprint density at radius 3 is 2.83 bits per heavy atom. The number of carbonyl (C=O) groups excluding carboxylic acids is 1. The lowest BCUT2D eigenvalue weighted by Crippen LogP contribution is -2.24. The van der Waals surface area contributed by atoms with E-state index >= 15 is 0 Å². The van der Waals surface area contributed by atoms with Crippen LogP contribution in [0.4, 0.5) is 0 Å². The first-order valence-corrected chi connectivity index (χ1v) is 7.31. The van der Waals surface area contributed by atoms with Crippen LogP contribution in [-0.4, -0.2) is 25.8 Å². The van der Waals surface area contributed by atoms with Crippen LogP contribution in [0.2, 0.25) is 5.02 Å². The van der Waals surface area contributed by atoms with Crippen molar-refractivity contribution >= 4 is 23.7 Å². The van der Waals surface area contributed by atoms with Crippen molar-refractivity contribution in [3.8, 4) is 11.5 Å². The molecular weight excluding hydrogens is 316 g/mol. The summed E-state index contributed by atoms with van der Waals surface area (Å²) in [6.07, 6.45) is 1.53. The Morgan fingerprint density at radius 2 is 2.09 bits per heavy atom. The van der Waals surface area contributed by atoms with Crippen molar-refractivity contribution in [3.63, 3.8) is 0 Å². The Morgan fingerprint density at radius 1 is 1.26 bits per heavy atom. The zero-order valence-corrected chi connectivity index (χ0v) is 13.6. The summed E-state index contributed by atoms with van der Waals surface area (Å²) in [5.74, 6) is 0.956. The number of hydrogen-bond acceptors (Lipinski definition) is 4. The predicted octanol–water partition coefficient (Wildman–Crippen LogP) is 3.19. The molecule has 0 aromatic heterocycles. The Hall–Kier alpha value is -2.53. The highest BCUT2D eigenvalue weighted by Crippen LogP contribution is 2.20. The zero-order chi connectivity index (χ0) is 16.7. The molecule has 2 rings (SSSR count). The fourth-order valence-electron chi connectivity index (χ4n) is 1.79. The van der Waals surface area contributed by atoms with Crippen molar-refractivity contribution in [2.24, 2.45) is 5.10 Å². The SMILES string of the molecule is COc1cccc(/C=N/NC(=O)COc2ccc(Cl)c(C)c2)c1. The minimum atomic E-state index is -0.350. The van der Waals surface area contributed by atoms with Gasteiger partial charge in [-0.2, -0.15) is 5.10 Å². The lowest BCUT2D eigenvalue weighted by Gasteiger charge is -2.06. The lowest BCUT2D eigenvalue weighted by molar-refractivity contribution is -0.123. The van der Waals surface area contributed by atoms with E-state index in [1.807, 2.05) is 31.2 Å². The molecule has 0 aliphatic carbocycles. The summed E-state index contributed by atoms with van der Waals surface area (Å²) in [5, 5.41) is 4.54. The van der Waals surface area contributed by atoms with Gasteiger partial charge < -0.3 is 9.47 Å². The van der Waals surface area contributed by atoms with E-state index in [4.69, 9.17) is 21.1 Å². The summed E-state index contributed by atoms with van der Waals surface area (Å²) in [7, 11) is 1.59. The van der Waals surface area contributed by atoms with E-state index in [1.54, 1.807) is 25.3 Å². The fourth-order valence-corrected chi connectivity index (χ4v) is 1.91. The van der Waals surface area contributed by atoms with Gasteiger partial charge in [-0.25, -0.2) is 5.43 Å². The molecule has 1 amide bonds. The highest BCUT2D eigenvalue weighted by molar-refractivity contribution is 6.31. The van der Waals surface area contributed by atoms with Gasteiger partial charge in [-0.15, -0.1) is 0 Å². The molecule has 0 saturated heterocycles. The molecule has 0 saturated carbocycles. The maximum absolute atomic E-state index is 11.7. The van der Waals surface area contributed by atoms with Gasteiger partial charge in [0, 0.05) is 5.02 Å². The van der Waals surface area contributed by atoms with Gasteiger partial charge in [0.1, 0.15) is 11.5 Å². The van der Waals surface area contributed by atoms with Gasteiger partial charge in [-0.05, 0) is 48.4 Å². The molecule has 1 N–H and O–H groups in total. The van der Waals surface area contributed by atoms with Crippen molar-refractivity contribution in [1.82, 2.24) is 5.43 Å². The molecule has 0 radical (unpaired) electrons. The van der Waals surface area contributed by atoms with Crippen molar-refractivity contribution in [1.29, 1.82) is 0 Å². The minimum Gasteiger partial charge on any atom is -0.497 e. The number of methoxy groups -OCH3 is 1. The number of nitrogens with one attached hydrogen (secondary N) is 1. The maximum Gasteiger partial charge on any atom is 0.277 e. The Bertz CT molecular complexity index is 717. The molecule has 0 spiro atoms. The first-order chi connectivity index (χ1) is 11.1. The molecule has 2 aromatic rings. The first-order valence-electron chi connectivity index (χ1n) is 6.93. The van der Waals surface area contributed by atoms with Crippen LogP contribution < -0.4 is 14.9 Å². The largest absolute Gasteiger partial charge is 0.497 e. The van der Waals surface area contributed by atoms with E-state index in [1.165, 1.54) is 6.21 Å². The van der Waals surface area contributed by atoms with Crippen LogP contribution >= 0.6 is 11.6 Å². The second-order valence-corrected chi connectivity index (χ2v) is 5.18. The van der Waals surface area contributed by atoms with Crippen LogP contribution in [0.15, 0.2) is 47.6 Å². The molecule has 0 atom stereocenters. The molecule has 23 heavy (non-hydrogen) atoms. The van der Waals surface area contributed by atoms with E-state index in [-0.39, 0.29) is 12.5 Å². The molecule has 0 bridgehead atoms. The standard InChI is InChI=1S/C17H17ClN2O3/c1-12-8-15(6-7-16(12)18)23-11-17(21)20-19-10-13-4-3-5-14(9-13)22-2/h3-10H,11H2,1-2H3,(H,20,21)/b19-10+. The molecule has 0 aliphatic heterocycles. The Kier molecular flexibility index (Phi) is 6.00. The zero-order valence-electron chi connectivity index (χ0n) is 12.9. The van der Waals surface area contributed by atoms with E-state index in [2.05, 4.69) is 10.5 Å². The fraction of sp³-hybridized carbons (Fsp3) is 0.176. The van der Waals surface area contributed by atoms with Crippen molar-refractivity contribution in [3.05, 3.63) is 58.6 Å². The number of carbonyl (C=O) groups is 1. The van der Waals surface area contributed by atoms with Gasteiger partial charge in [-0.3, -0.25) is 4.79 Å². The minimum absolute atomic E-state index is 0.128. The number of rotatable bonds is 6. The molecule has 6 heteroatoms. The highest BCUT2D eigenvalue weighted by Gasteiger charge is 2.03. The van der Waals surface area contributed by atoms with E-state index < -0.39 is 0 Å². The average Bonchev–Trinajstić information content (AvgIpc) is 2.56. The third kappa shape index (κ3) is 5.30. The van der Waals surface area contributed by atoms with Crippen LogP contribution in [-0.2, 0) is 4.79 Å². The van der Waals surface area contributed by atoms with Gasteiger partial charge in [0.15, 0.2) is 6.61 Å². The first kappa shape index (κ1) is 16.8. The van der Waals surface area contributed by atoms with Gasteiger partial charge >= 0.3 is 0 Å². The molecule has 5 nitrogen and oxygen atoms in total. The summed E-state index contributed by atoms with van der Waals surface area (Å²) in [6, 6.07) is 12.5. The van der Waals surface area contributed by atoms with Gasteiger partial charge in [0.25, 0.3) is 5.91 Å². The summed E-state index contributed by atoms with van der Waals surface area (Å²) in [6.45, 7) is 1.74. The number of nitrogens with zero attached hydrogens (tertiary/aromatic N) is 1. The molecular formula is C17H17ClN2O3. The molecule has 0 fully saturated rings. The third-order valence-electron chi connectivity index (χ3n) is 3.00. The normalized spacial score (nSPS) is 10.6. The summed E-state index contributed by atoms with van der Waals surface area (Å²) in [5.41, 5.74) is 4.11. The topological polar surface area (TPSA) is 59.9 Å². The quantitative estimate of drug-likeness (QED) is 0.653. The Balaban J connectivity index is 1.82. The smallest absolute Gasteiger partial charge is 0.277 e. The number of amides is 1. The number of benzene rings is 2. The van der Waals surface area contributed by atoms with Crippen LogP contribution in [0.25, 0.3) is 0 Å². The maximum atomic E-state index is 11.7. The van der Waals surface area contributed by atoms with E-state index in [9.17, 15) is 4.79 Å². The molecule has 0 heterocycles. The third-order valence-corrected chi connectivity index (χ3v) is 3.42. The second kappa shape index (κ2) is 8.19. The number of hydrogen-bond donors (Lipinski definition) is 1. The lowest BCUT2D eigenvalue weighted by atomic mass is 10.2. The van der Waals surface area contributed by atoms with Crippen molar-refractivity contribution in [2.45, 2.75) is 6.92 Å². The molecule has 2 aromatic carbocycles. The monoisotopic (exact) mass is 332 g/mol. The van der Waals surface area contributed by atoms with E-state index in [0.29, 0.717) is 10.8 Å². The van der Waals surface area contributed by atoms with E-state index in [0.717, 1.165) is 16.9 Å². The van der Waals surface area contributed by atoms with Crippen molar-refractivity contribution in [2.75, 3.05) is 13.7 Å². The second-order valence-electron chi connectivity index (χ2n) is 4.77. The molecule has 120 valence electrons. The summed E-state index contributed by atoms with van der Waals surface area (Å²) < 4.78 is 10.5. The highest BCUT2D eigenvalue weighted by atomic mass is 35.5. The average molecular weight is 333 g/mol.